The van der Waals surface area contributed by atoms with E-state index >= 15 is 0 Å². The van der Waals surface area contributed by atoms with E-state index in [0.717, 1.165) is 17.8 Å². The lowest BCUT2D eigenvalue weighted by atomic mass is 10.1. The third-order valence-electron chi connectivity index (χ3n) is 2.95. The van der Waals surface area contributed by atoms with E-state index in [-0.39, 0.29) is 5.91 Å². The van der Waals surface area contributed by atoms with E-state index in [9.17, 15) is 4.79 Å². The molecule has 0 fully saturated rings. The van der Waals surface area contributed by atoms with Gasteiger partial charge in [0.15, 0.2) is 0 Å². The quantitative estimate of drug-likeness (QED) is 0.940. The first-order valence-electron chi connectivity index (χ1n) is 6.45. The van der Waals surface area contributed by atoms with Crippen LogP contribution in [0.1, 0.15) is 27.9 Å². The van der Waals surface area contributed by atoms with E-state index in [4.69, 9.17) is 0 Å². The molecule has 0 unspecified atom stereocenters. The maximum absolute atomic E-state index is 12.4. The van der Waals surface area contributed by atoms with Crippen molar-refractivity contribution in [1.29, 1.82) is 0 Å². The summed E-state index contributed by atoms with van der Waals surface area (Å²) in [5.74, 6) is -0.140. The molecule has 106 valence electrons. The van der Waals surface area contributed by atoms with Gasteiger partial charge in [0, 0.05) is 19.3 Å². The van der Waals surface area contributed by atoms with Crippen molar-refractivity contribution in [3.8, 4) is 0 Å². The summed E-state index contributed by atoms with van der Waals surface area (Å²) in [5.41, 5.74) is 3.13. The number of carbonyl (C=O) groups is 1. The minimum atomic E-state index is -0.140. The average molecular weight is 290 g/mol. The lowest BCUT2D eigenvalue weighted by Crippen LogP contribution is -2.26. The summed E-state index contributed by atoms with van der Waals surface area (Å²) in [6.45, 7) is 6.77. The Morgan fingerprint density at radius 1 is 1.35 bits per heavy atom. The van der Waals surface area contributed by atoms with Crippen LogP contribution < -0.4 is 10.2 Å². The van der Waals surface area contributed by atoms with Crippen molar-refractivity contribution in [2.45, 2.75) is 20.8 Å². The Morgan fingerprint density at radius 2 is 2.10 bits per heavy atom. The number of rotatable bonds is 4. The second-order valence-electron chi connectivity index (χ2n) is 4.60. The largest absolute Gasteiger partial charge is 0.360 e. The Labute approximate surface area is 122 Å². The van der Waals surface area contributed by atoms with Crippen LogP contribution in [-0.4, -0.2) is 29.7 Å². The summed E-state index contributed by atoms with van der Waals surface area (Å²) in [4.78, 5) is 14.0. The van der Waals surface area contributed by atoms with E-state index in [1.807, 2.05) is 32.9 Å². The lowest BCUT2D eigenvalue weighted by molar-refractivity contribution is 0.0992. The Bertz CT molecular complexity index is 623. The fourth-order valence-corrected chi connectivity index (χ4v) is 2.75. The van der Waals surface area contributed by atoms with Gasteiger partial charge in [-0.25, -0.2) is 0 Å². The Balaban J connectivity index is 2.22. The first-order valence-corrected chi connectivity index (χ1v) is 7.27. The fraction of sp³-hybridized carbons (Fsp3) is 0.357. The zero-order valence-corrected chi connectivity index (χ0v) is 12.9. The molecule has 1 aromatic heterocycles. The summed E-state index contributed by atoms with van der Waals surface area (Å²) < 4.78 is 0. The number of benzene rings is 1. The van der Waals surface area contributed by atoms with Crippen LogP contribution in [0.4, 0.5) is 10.8 Å². The number of aryl methyl sites for hydroxylation is 2. The molecule has 1 N–H and O–H groups in total. The third-order valence-corrected chi connectivity index (χ3v) is 3.82. The van der Waals surface area contributed by atoms with Crippen molar-refractivity contribution >= 4 is 28.1 Å². The van der Waals surface area contributed by atoms with Crippen molar-refractivity contribution in [3.63, 3.8) is 0 Å². The third kappa shape index (κ3) is 2.96. The highest BCUT2D eigenvalue weighted by Crippen LogP contribution is 2.23. The van der Waals surface area contributed by atoms with Gasteiger partial charge in [-0.15, -0.1) is 10.2 Å². The molecule has 2 aromatic rings. The maximum atomic E-state index is 12.4. The first-order chi connectivity index (χ1) is 9.52. The van der Waals surface area contributed by atoms with Gasteiger partial charge < -0.3 is 10.2 Å². The molecule has 5 nitrogen and oxygen atoms in total. The number of aromatic nitrogens is 2. The van der Waals surface area contributed by atoms with Gasteiger partial charge in [-0.1, -0.05) is 29.0 Å². The molecule has 0 aliphatic rings. The highest BCUT2D eigenvalue weighted by atomic mass is 32.1. The predicted octanol–water partition coefficient (Wildman–Crippen LogP) is 2.86. The number of amides is 1. The second kappa shape index (κ2) is 6.00. The number of nitrogens with zero attached hydrogens (tertiary/aromatic N) is 3. The van der Waals surface area contributed by atoms with E-state index in [1.54, 1.807) is 11.9 Å². The monoisotopic (exact) mass is 290 g/mol. The minimum Gasteiger partial charge on any atom is -0.360 e. The van der Waals surface area contributed by atoms with E-state index in [2.05, 4.69) is 21.6 Å². The minimum absolute atomic E-state index is 0.140. The molecule has 0 spiro atoms. The molecule has 1 aromatic carbocycles. The summed E-state index contributed by atoms with van der Waals surface area (Å²) in [7, 11) is 1.76. The summed E-state index contributed by atoms with van der Waals surface area (Å²) >= 11 is 1.27. The summed E-state index contributed by atoms with van der Waals surface area (Å²) in [6, 6.07) is 6.01. The Kier molecular flexibility index (Phi) is 4.34. The SMILES string of the molecule is CCNc1nnc(C(=O)N(C)c2ccc(C)cc2C)s1. The van der Waals surface area contributed by atoms with Crippen molar-refractivity contribution in [2.75, 3.05) is 23.8 Å². The zero-order valence-electron chi connectivity index (χ0n) is 12.1. The van der Waals surface area contributed by atoms with Crippen LogP contribution in [0.5, 0.6) is 0 Å². The molecule has 6 heteroatoms. The van der Waals surface area contributed by atoms with Crippen molar-refractivity contribution in [2.24, 2.45) is 0 Å². The number of anilines is 2. The van der Waals surface area contributed by atoms with Crippen LogP contribution in [0, 0.1) is 13.8 Å². The molecule has 0 aliphatic carbocycles. The Hall–Kier alpha value is -1.95. The average Bonchev–Trinajstić information content (AvgIpc) is 2.86. The molecular weight excluding hydrogens is 272 g/mol. The molecule has 0 aliphatic heterocycles. The maximum Gasteiger partial charge on any atom is 0.289 e. The first kappa shape index (κ1) is 14.5. The molecule has 0 radical (unpaired) electrons. The van der Waals surface area contributed by atoms with Crippen LogP contribution in [0.25, 0.3) is 0 Å². The van der Waals surface area contributed by atoms with Gasteiger partial charge in [0.1, 0.15) is 0 Å². The van der Waals surface area contributed by atoms with Crippen LogP contribution >= 0.6 is 11.3 Å². The van der Waals surface area contributed by atoms with Crippen molar-refractivity contribution in [3.05, 3.63) is 34.3 Å². The molecule has 1 heterocycles. The van der Waals surface area contributed by atoms with Gasteiger partial charge in [0.2, 0.25) is 10.1 Å². The van der Waals surface area contributed by atoms with Gasteiger partial charge in [-0.2, -0.15) is 0 Å². The molecule has 0 saturated heterocycles. The van der Waals surface area contributed by atoms with Crippen molar-refractivity contribution < 1.29 is 4.79 Å². The lowest BCUT2D eigenvalue weighted by Gasteiger charge is -2.18. The molecular formula is C14H18N4OS. The smallest absolute Gasteiger partial charge is 0.289 e. The molecule has 2 rings (SSSR count). The van der Waals surface area contributed by atoms with Gasteiger partial charge in [-0.05, 0) is 32.4 Å². The molecule has 20 heavy (non-hydrogen) atoms. The summed E-state index contributed by atoms with van der Waals surface area (Å²) in [5, 5.41) is 12.0. The number of hydrogen-bond donors (Lipinski definition) is 1. The molecule has 1 amide bonds. The van der Waals surface area contributed by atoms with Crippen molar-refractivity contribution in [1.82, 2.24) is 10.2 Å². The molecule has 0 atom stereocenters. The van der Waals surface area contributed by atoms with Crippen LogP contribution in [0.2, 0.25) is 0 Å². The fourth-order valence-electron chi connectivity index (χ4n) is 1.97. The van der Waals surface area contributed by atoms with Crippen LogP contribution in [0.3, 0.4) is 0 Å². The zero-order chi connectivity index (χ0) is 14.7. The predicted molar refractivity (Wildman–Crippen MR) is 82.7 cm³/mol. The van der Waals surface area contributed by atoms with E-state index in [1.165, 1.54) is 16.9 Å². The molecule has 0 saturated carbocycles. The van der Waals surface area contributed by atoms with Gasteiger partial charge in [0.05, 0.1) is 0 Å². The highest BCUT2D eigenvalue weighted by molar-refractivity contribution is 7.17. The highest BCUT2D eigenvalue weighted by Gasteiger charge is 2.19. The number of nitrogens with one attached hydrogen (secondary N) is 1. The van der Waals surface area contributed by atoms with E-state index in [0.29, 0.717) is 10.1 Å². The topological polar surface area (TPSA) is 58.1 Å². The number of carbonyl (C=O) groups excluding carboxylic acids is 1. The Morgan fingerprint density at radius 3 is 2.75 bits per heavy atom. The molecule has 0 bridgehead atoms. The van der Waals surface area contributed by atoms with Gasteiger partial charge in [0.25, 0.3) is 5.91 Å². The van der Waals surface area contributed by atoms with Crippen LogP contribution in [-0.2, 0) is 0 Å². The normalized spacial score (nSPS) is 10.4. The van der Waals surface area contributed by atoms with Crippen LogP contribution in [0.15, 0.2) is 18.2 Å². The number of hydrogen-bond acceptors (Lipinski definition) is 5. The van der Waals surface area contributed by atoms with Gasteiger partial charge >= 0.3 is 0 Å². The standard InChI is InChI=1S/C14H18N4OS/c1-5-15-14-17-16-12(20-14)13(19)18(4)11-7-6-9(2)8-10(11)3/h6-8H,5H2,1-4H3,(H,15,17). The second-order valence-corrected chi connectivity index (χ2v) is 5.57. The van der Waals surface area contributed by atoms with Gasteiger partial charge in [-0.3, -0.25) is 4.79 Å². The summed E-state index contributed by atoms with van der Waals surface area (Å²) in [6.07, 6.45) is 0. The van der Waals surface area contributed by atoms with E-state index < -0.39 is 0 Å².